The van der Waals surface area contributed by atoms with Gasteiger partial charge in [-0.1, -0.05) is 30.3 Å². The number of benzene rings is 2. The molecule has 2 aromatic carbocycles. The van der Waals surface area contributed by atoms with Gasteiger partial charge in [0.1, 0.15) is 0 Å². The number of diazo groups is 1. The average Bonchev–Trinajstić information content (AvgIpc) is 2.44. The first-order valence-electron chi connectivity index (χ1n) is 6.16. The molecule has 0 aliphatic rings. The van der Waals surface area contributed by atoms with E-state index >= 15 is 0 Å². The summed E-state index contributed by atoms with van der Waals surface area (Å²) in [6, 6.07) is 13.2. The van der Waals surface area contributed by atoms with Crippen LogP contribution in [0.4, 0.5) is 36.6 Å². The Kier molecular flexibility index (Phi) is 4.74. The van der Waals surface area contributed by atoms with Crippen LogP contribution in [0.5, 0.6) is 5.75 Å². The molecule has 24 heavy (non-hydrogen) atoms. The van der Waals surface area contributed by atoms with Crippen LogP contribution in [0.2, 0.25) is 0 Å². The third-order valence-corrected chi connectivity index (χ3v) is 2.57. The van der Waals surface area contributed by atoms with Crippen molar-refractivity contribution >= 4 is 19.2 Å². The fourth-order valence-electron chi connectivity index (χ4n) is 1.75. The van der Waals surface area contributed by atoms with Crippen molar-refractivity contribution in [1.29, 1.82) is 5.39 Å². The molecule has 0 aliphatic carbocycles. The molecular weight excluding hydrogens is 359 g/mol. The summed E-state index contributed by atoms with van der Waals surface area (Å²) < 4.78 is 64.3. The van der Waals surface area contributed by atoms with Crippen molar-refractivity contribution in [2.45, 2.75) is 0 Å². The van der Waals surface area contributed by atoms with Gasteiger partial charge < -0.3 is 10.5 Å². The zero-order valence-electron chi connectivity index (χ0n) is 12.1. The first-order valence-corrected chi connectivity index (χ1v) is 8.19. The van der Waals surface area contributed by atoms with E-state index in [0.717, 1.165) is 11.1 Å². The van der Waals surface area contributed by atoms with Gasteiger partial charge in [0.05, 0.1) is 12.8 Å². The number of nitrogens with zero attached hydrogens (tertiary/aromatic N) is 2. The molecule has 2 rings (SSSR count). The summed E-state index contributed by atoms with van der Waals surface area (Å²) in [5.74, 6) is 0.383. The van der Waals surface area contributed by atoms with E-state index in [-0.39, 0.29) is 0 Å². The number of ether oxygens (including phenoxy) is 1. The number of methoxy groups -OCH3 is 1. The van der Waals surface area contributed by atoms with E-state index in [2.05, 4.69) is 4.98 Å². The van der Waals surface area contributed by atoms with E-state index in [4.69, 9.17) is 15.9 Å². The molecule has 0 spiro atoms. The first kappa shape index (κ1) is 19.5. The van der Waals surface area contributed by atoms with Crippen molar-refractivity contribution < 1.29 is 29.9 Å². The van der Waals surface area contributed by atoms with Crippen LogP contribution in [0.3, 0.4) is 0 Å². The van der Waals surface area contributed by atoms with Crippen molar-refractivity contribution in [3.05, 3.63) is 47.4 Å². The van der Waals surface area contributed by atoms with Crippen LogP contribution in [0.25, 0.3) is 16.1 Å². The maximum atomic E-state index is 9.87. The molecule has 0 fully saturated rings. The number of nitrogen functional groups attached to an aromatic ring is 1. The van der Waals surface area contributed by atoms with E-state index < -0.39 is 7.81 Å². The van der Waals surface area contributed by atoms with Gasteiger partial charge in [0.2, 0.25) is 11.1 Å². The Hall–Kier alpha value is -2.53. The Morgan fingerprint density at radius 2 is 1.46 bits per heavy atom. The molecule has 11 heteroatoms. The zero-order valence-corrected chi connectivity index (χ0v) is 13.0. The minimum absolute atomic E-state index is 0.324. The molecule has 0 saturated heterocycles. The van der Waals surface area contributed by atoms with E-state index in [0.29, 0.717) is 17.1 Å². The van der Waals surface area contributed by atoms with Crippen LogP contribution in [-0.4, -0.2) is 7.11 Å². The Morgan fingerprint density at radius 3 is 1.88 bits per heavy atom. The minimum atomic E-state index is -10.7. The van der Waals surface area contributed by atoms with Crippen molar-refractivity contribution in [3.8, 4) is 16.9 Å². The number of nitrogens with two attached hydrogens (primary N) is 1. The van der Waals surface area contributed by atoms with Gasteiger partial charge in [-0.3, -0.25) is 0 Å². The summed E-state index contributed by atoms with van der Waals surface area (Å²) >= 11 is 0. The van der Waals surface area contributed by atoms with Gasteiger partial charge in [-0.25, -0.2) is 0 Å². The molecule has 0 radical (unpaired) electrons. The Bertz CT molecular complexity index is 761. The van der Waals surface area contributed by atoms with Gasteiger partial charge in [0.25, 0.3) is 0 Å². The molecular formula is C13H12F6N3OP. The predicted octanol–water partition coefficient (Wildman–Crippen LogP) is 6.81. The van der Waals surface area contributed by atoms with Crippen molar-refractivity contribution in [3.63, 3.8) is 0 Å². The molecule has 0 unspecified atom stereocenters. The molecule has 0 saturated carbocycles. The second kappa shape index (κ2) is 5.83. The normalized spacial score (nSPS) is 13.6. The van der Waals surface area contributed by atoms with Gasteiger partial charge in [0.15, 0.2) is 4.98 Å². The van der Waals surface area contributed by atoms with Crippen LogP contribution in [0.15, 0.2) is 42.5 Å². The van der Waals surface area contributed by atoms with Crippen LogP contribution in [0.1, 0.15) is 0 Å². The molecule has 2 N–H and O–H groups in total. The fraction of sp³-hybridized carbons (Fsp3) is 0.0769. The number of hydrogen-bond acceptors (Lipinski definition) is 3. The van der Waals surface area contributed by atoms with Gasteiger partial charge >= 0.3 is 38.7 Å². The summed E-state index contributed by atoms with van der Waals surface area (Å²) in [6.45, 7) is 0. The second-order valence-corrected chi connectivity index (χ2v) is 6.42. The molecule has 0 aliphatic heterocycles. The fourth-order valence-corrected chi connectivity index (χ4v) is 1.75. The SMILES string of the molecule is COc1c([N+]#N)ccc(-c2ccccc2)c1N.F[P-](F)(F)(F)(F)F. The quantitative estimate of drug-likeness (QED) is 0.273. The van der Waals surface area contributed by atoms with Gasteiger partial charge in [0, 0.05) is 11.6 Å². The van der Waals surface area contributed by atoms with Crippen molar-refractivity contribution in [2.75, 3.05) is 12.8 Å². The van der Waals surface area contributed by atoms with Gasteiger partial charge in [-0.05, 0) is 11.6 Å². The molecule has 4 nitrogen and oxygen atoms in total. The van der Waals surface area contributed by atoms with Crippen molar-refractivity contribution in [1.82, 2.24) is 0 Å². The molecule has 0 amide bonds. The standard InChI is InChI=1S/C13H12N3O.F6P/c1-17-13-11(16-15)8-7-10(12(13)14)9-5-3-2-4-6-9;1-7(2,3,4,5)6/h2-8H,14H2,1H3;/q+1;-1. The molecule has 0 atom stereocenters. The first-order chi connectivity index (χ1) is 10.7. The van der Waals surface area contributed by atoms with E-state index in [1.807, 2.05) is 36.4 Å². The average molecular weight is 371 g/mol. The summed E-state index contributed by atoms with van der Waals surface area (Å²) in [4.78, 5) is 3.13. The van der Waals surface area contributed by atoms with Gasteiger partial charge in [-0.2, -0.15) is 0 Å². The van der Waals surface area contributed by atoms with E-state index in [1.54, 1.807) is 6.07 Å². The van der Waals surface area contributed by atoms with Crippen LogP contribution in [0, 0.1) is 5.39 Å². The molecule has 2 aromatic rings. The monoisotopic (exact) mass is 371 g/mol. The number of rotatable bonds is 2. The summed E-state index contributed by atoms with van der Waals surface area (Å²) in [7, 11) is -9.16. The Balaban J connectivity index is 0.000000351. The molecule has 0 aromatic heterocycles. The Morgan fingerprint density at radius 1 is 0.958 bits per heavy atom. The molecule has 132 valence electrons. The van der Waals surface area contributed by atoms with E-state index in [9.17, 15) is 25.2 Å². The third kappa shape index (κ3) is 7.15. The van der Waals surface area contributed by atoms with E-state index in [1.165, 1.54) is 7.11 Å². The topological polar surface area (TPSA) is 63.4 Å². The number of anilines is 1. The zero-order chi connectivity index (χ0) is 18.7. The van der Waals surface area contributed by atoms with Crippen LogP contribution >= 0.6 is 7.81 Å². The predicted molar refractivity (Wildman–Crippen MR) is 81.2 cm³/mol. The molecule has 0 heterocycles. The summed E-state index contributed by atoms with van der Waals surface area (Å²) in [5.41, 5.74) is 8.65. The second-order valence-electron chi connectivity index (χ2n) is 4.50. The van der Waals surface area contributed by atoms with Crippen LogP contribution < -0.4 is 10.5 Å². The number of halogens is 6. The Labute approximate surface area is 132 Å². The summed E-state index contributed by atoms with van der Waals surface area (Å²) in [5, 5.41) is 8.82. The maximum absolute atomic E-state index is 10.7. The third-order valence-electron chi connectivity index (χ3n) is 2.57. The molecule has 0 bridgehead atoms. The van der Waals surface area contributed by atoms with Crippen molar-refractivity contribution in [2.24, 2.45) is 0 Å². The van der Waals surface area contributed by atoms with Crippen LogP contribution in [-0.2, 0) is 0 Å². The number of hydrogen-bond donors (Lipinski definition) is 1. The summed E-state index contributed by atoms with van der Waals surface area (Å²) in [6.07, 6.45) is 0. The van der Waals surface area contributed by atoms with Gasteiger partial charge in [-0.15, -0.1) is 0 Å².